The third-order valence-corrected chi connectivity index (χ3v) is 3.42. The summed E-state index contributed by atoms with van der Waals surface area (Å²) in [6, 6.07) is 11.3. The Bertz CT molecular complexity index is 324. The van der Waals surface area contributed by atoms with E-state index in [-0.39, 0.29) is 0 Å². The van der Waals surface area contributed by atoms with E-state index in [9.17, 15) is 0 Å². The van der Waals surface area contributed by atoms with Crippen molar-refractivity contribution in [3.05, 3.63) is 35.9 Å². The minimum absolute atomic E-state index is 0.461. The van der Waals surface area contributed by atoms with Crippen molar-refractivity contribution in [2.24, 2.45) is 0 Å². The van der Waals surface area contributed by atoms with Crippen LogP contribution in [0.15, 0.2) is 30.3 Å². The maximum absolute atomic E-state index is 3.47. The Morgan fingerprint density at radius 2 is 1.74 bits per heavy atom. The fourth-order valence-corrected chi connectivity index (χ4v) is 2.28. The number of hydrogen-bond acceptors (Lipinski definition) is 3. The molecule has 19 heavy (non-hydrogen) atoms. The van der Waals surface area contributed by atoms with Crippen LogP contribution in [0.4, 0.5) is 0 Å². The number of benzene rings is 1. The van der Waals surface area contributed by atoms with Crippen LogP contribution in [0.5, 0.6) is 0 Å². The molecule has 0 spiro atoms. The van der Waals surface area contributed by atoms with E-state index in [1.54, 1.807) is 0 Å². The molecule has 1 atom stereocenters. The van der Waals surface area contributed by atoms with Gasteiger partial charge in [-0.3, -0.25) is 4.90 Å². The third-order valence-electron chi connectivity index (χ3n) is 3.42. The molecule has 1 rings (SSSR count). The number of nitrogens with one attached hydrogen (secondary N) is 1. The molecular weight excluding hydrogens is 234 g/mol. The van der Waals surface area contributed by atoms with Gasteiger partial charge >= 0.3 is 0 Å². The second-order valence-electron chi connectivity index (χ2n) is 5.37. The van der Waals surface area contributed by atoms with Crippen LogP contribution in [0.25, 0.3) is 0 Å². The maximum Gasteiger partial charge on any atom is 0.0469 e. The van der Waals surface area contributed by atoms with Crippen molar-refractivity contribution in [3.8, 4) is 0 Å². The van der Waals surface area contributed by atoms with Gasteiger partial charge in [0.1, 0.15) is 0 Å². The molecule has 0 aliphatic carbocycles. The van der Waals surface area contributed by atoms with Gasteiger partial charge in [0.2, 0.25) is 0 Å². The average molecular weight is 263 g/mol. The van der Waals surface area contributed by atoms with Gasteiger partial charge in [0.15, 0.2) is 0 Å². The summed E-state index contributed by atoms with van der Waals surface area (Å²) in [6.45, 7) is 6.47. The van der Waals surface area contributed by atoms with Gasteiger partial charge in [0, 0.05) is 12.6 Å². The summed E-state index contributed by atoms with van der Waals surface area (Å²) in [5.74, 6) is 0. The molecule has 1 aromatic carbocycles. The Labute approximate surface area is 118 Å². The van der Waals surface area contributed by atoms with Crippen LogP contribution in [0.3, 0.4) is 0 Å². The van der Waals surface area contributed by atoms with Crippen LogP contribution in [0.2, 0.25) is 0 Å². The van der Waals surface area contributed by atoms with E-state index in [1.807, 2.05) is 0 Å². The quantitative estimate of drug-likeness (QED) is 0.737. The average Bonchev–Trinajstić information content (AvgIpc) is 2.40. The highest BCUT2D eigenvalue weighted by Crippen LogP contribution is 2.18. The lowest BCUT2D eigenvalue weighted by atomic mass is 10.1. The highest BCUT2D eigenvalue weighted by atomic mass is 15.2. The normalized spacial score (nSPS) is 13.2. The topological polar surface area (TPSA) is 18.5 Å². The lowest BCUT2D eigenvalue weighted by Crippen LogP contribution is -2.34. The summed E-state index contributed by atoms with van der Waals surface area (Å²) < 4.78 is 0. The SMILES string of the molecule is CCNCC(c1ccccc1)N(C)CCCN(C)C. The predicted octanol–water partition coefficient (Wildman–Crippen LogP) is 2.22. The number of likely N-dealkylation sites (N-methyl/N-ethyl adjacent to an activating group) is 2. The zero-order valence-electron chi connectivity index (χ0n) is 12.9. The van der Waals surface area contributed by atoms with Crippen LogP contribution in [0, 0.1) is 0 Å². The monoisotopic (exact) mass is 263 g/mol. The number of hydrogen-bond donors (Lipinski definition) is 1. The Morgan fingerprint density at radius 1 is 1.05 bits per heavy atom. The molecule has 0 bridgehead atoms. The van der Waals surface area contributed by atoms with Crippen LogP contribution >= 0.6 is 0 Å². The fourth-order valence-electron chi connectivity index (χ4n) is 2.28. The van der Waals surface area contributed by atoms with Gasteiger partial charge in [-0.1, -0.05) is 37.3 Å². The zero-order valence-corrected chi connectivity index (χ0v) is 12.9. The first-order valence-electron chi connectivity index (χ1n) is 7.25. The molecule has 0 heterocycles. The molecule has 0 aliphatic rings. The van der Waals surface area contributed by atoms with Crippen molar-refractivity contribution < 1.29 is 0 Å². The van der Waals surface area contributed by atoms with Gasteiger partial charge in [-0.05, 0) is 52.8 Å². The molecule has 108 valence electrons. The summed E-state index contributed by atoms with van der Waals surface area (Å²) in [5.41, 5.74) is 1.40. The van der Waals surface area contributed by atoms with Gasteiger partial charge in [0.25, 0.3) is 0 Å². The van der Waals surface area contributed by atoms with Crippen LogP contribution < -0.4 is 5.32 Å². The molecule has 0 amide bonds. The largest absolute Gasteiger partial charge is 0.315 e. The standard InChI is InChI=1S/C16H29N3/c1-5-17-14-16(15-10-7-6-8-11-15)19(4)13-9-12-18(2)3/h6-8,10-11,16-17H,5,9,12-14H2,1-4H3. The van der Waals surface area contributed by atoms with Crippen molar-refractivity contribution in [1.29, 1.82) is 0 Å². The summed E-state index contributed by atoms with van der Waals surface area (Å²) >= 11 is 0. The van der Waals surface area contributed by atoms with E-state index in [1.165, 1.54) is 12.0 Å². The van der Waals surface area contributed by atoms with Crippen LogP contribution in [0.1, 0.15) is 24.9 Å². The van der Waals surface area contributed by atoms with E-state index in [0.717, 1.165) is 26.2 Å². The first-order chi connectivity index (χ1) is 9.15. The maximum atomic E-state index is 3.47. The van der Waals surface area contributed by atoms with Gasteiger partial charge in [-0.15, -0.1) is 0 Å². The number of nitrogens with zero attached hydrogens (tertiary/aromatic N) is 2. The van der Waals surface area contributed by atoms with Gasteiger partial charge in [-0.25, -0.2) is 0 Å². The lowest BCUT2D eigenvalue weighted by molar-refractivity contribution is 0.226. The van der Waals surface area contributed by atoms with Crippen LogP contribution in [-0.2, 0) is 0 Å². The third kappa shape index (κ3) is 6.19. The Hall–Kier alpha value is -0.900. The summed E-state index contributed by atoms with van der Waals surface area (Å²) in [4.78, 5) is 4.71. The van der Waals surface area contributed by atoms with E-state index in [2.05, 4.69) is 73.5 Å². The molecule has 0 aliphatic heterocycles. The summed E-state index contributed by atoms with van der Waals surface area (Å²) in [6.07, 6.45) is 1.21. The van der Waals surface area contributed by atoms with E-state index >= 15 is 0 Å². The predicted molar refractivity (Wildman–Crippen MR) is 83.5 cm³/mol. The van der Waals surface area contributed by atoms with Crippen molar-refractivity contribution in [1.82, 2.24) is 15.1 Å². The van der Waals surface area contributed by atoms with E-state index < -0.39 is 0 Å². The highest BCUT2D eigenvalue weighted by Gasteiger charge is 2.15. The van der Waals surface area contributed by atoms with Crippen LogP contribution in [-0.4, -0.2) is 57.1 Å². The first kappa shape index (κ1) is 16.2. The Morgan fingerprint density at radius 3 is 2.32 bits per heavy atom. The Balaban J connectivity index is 2.57. The minimum atomic E-state index is 0.461. The molecule has 1 unspecified atom stereocenters. The molecule has 0 saturated carbocycles. The number of rotatable bonds is 9. The second-order valence-corrected chi connectivity index (χ2v) is 5.37. The van der Waals surface area contributed by atoms with Gasteiger partial charge < -0.3 is 10.2 Å². The molecule has 0 radical (unpaired) electrons. The second kappa shape index (κ2) is 9.08. The fraction of sp³-hybridized carbons (Fsp3) is 0.625. The molecular formula is C16H29N3. The van der Waals surface area contributed by atoms with Crippen molar-refractivity contribution in [2.45, 2.75) is 19.4 Å². The van der Waals surface area contributed by atoms with Gasteiger partial charge in [0.05, 0.1) is 0 Å². The van der Waals surface area contributed by atoms with E-state index in [4.69, 9.17) is 0 Å². The van der Waals surface area contributed by atoms with Gasteiger partial charge in [-0.2, -0.15) is 0 Å². The zero-order chi connectivity index (χ0) is 14.1. The summed E-state index contributed by atoms with van der Waals surface area (Å²) in [5, 5.41) is 3.47. The minimum Gasteiger partial charge on any atom is -0.315 e. The smallest absolute Gasteiger partial charge is 0.0469 e. The molecule has 3 heteroatoms. The van der Waals surface area contributed by atoms with Crippen molar-refractivity contribution in [3.63, 3.8) is 0 Å². The van der Waals surface area contributed by atoms with Crippen molar-refractivity contribution in [2.75, 3.05) is 47.3 Å². The van der Waals surface area contributed by atoms with E-state index in [0.29, 0.717) is 6.04 Å². The molecule has 0 aromatic heterocycles. The molecule has 3 nitrogen and oxygen atoms in total. The lowest BCUT2D eigenvalue weighted by Gasteiger charge is -2.29. The molecule has 0 fully saturated rings. The molecule has 0 saturated heterocycles. The van der Waals surface area contributed by atoms with Crippen molar-refractivity contribution >= 4 is 0 Å². The summed E-state index contributed by atoms with van der Waals surface area (Å²) in [7, 11) is 6.49. The Kier molecular flexibility index (Phi) is 7.72. The molecule has 1 aromatic rings. The first-order valence-corrected chi connectivity index (χ1v) is 7.25. The highest BCUT2D eigenvalue weighted by molar-refractivity contribution is 5.19. The molecule has 1 N–H and O–H groups in total.